The van der Waals surface area contributed by atoms with E-state index in [1.807, 2.05) is 0 Å². The Hall–Kier alpha value is -0.0800. The first-order chi connectivity index (χ1) is 6.88. The summed E-state index contributed by atoms with van der Waals surface area (Å²) in [6, 6.07) is 0. The fourth-order valence-corrected chi connectivity index (χ4v) is 3.04. The third-order valence-electron chi connectivity index (χ3n) is 4.16. The van der Waals surface area contributed by atoms with Crippen molar-refractivity contribution in [3.63, 3.8) is 0 Å². The molecule has 2 aliphatic rings. The normalized spacial score (nSPS) is 36.6. The van der Waals surface area contributed by atoms with E-state index in [0.717, 1.165) is 17.8 Å². The molecule has 0 amide bonds. The van der Waals surface area contributed by atoms with Crippen LogP contribution in [0.1, 0.15) is 32.6 Å². The minimum atomic E-state index is 0.913. The molecular formula is C12H24N2. The van der Waals surface area contributed by atoms with Crippen molar-refractivity contribution in [1.29, 1.82) is 0 Å². The largest absolute Gasteiger partial charge is 0.316 e. The second-order valence-corrected chi connectivity index (χ2v) is 5.07. The van der Waals surface area contributed by atoms with Crippen LogP contribution in [-0.4, -0.2) is 26.2 Å². The van der Waals surface area contributed by atoms with E-state index in [0.29, 0.717) is 0 Å². The minimum Gasteiger partial charge on any atom is -0.316 e. The molecule has 2 aliphatic heterocycles. The second kappa shape index (κ2) is 5.13. The van der Waals surface area contributed by atoms with Gasteiger partial charge in [-0.15, -0.1) is 0 Å². The third kappa shape index (κ3) is 2.48. The monoisotopic (exact) mass is 196 g/mol. The molecule has 2 nitrogen and oxygen atoms in total. The van der Waals surface area contributed by atoms with Crippen LogP contribution in [0.25, 0.3) is 0 Å². The van der Waals surface area contributed by atoms with E-state index in [1.165, 1.54) is 51.9 Å². The van der Waals surface area contributed by atoms with Crippen molar-refractivity contribution in [2.75, 3.05) is 26.2 Å². The molecule has 82 valence electrons. The Labute approximate surface area is 87.8 Å². The lowest BCUT2D eigenvalue weighted by Gasteiger charge is -2.36. The van der Waals surface area contributed by atoms with Gasteiger partial charge in [0.05, 0.1) is 0 Å². The number of rotatable bonds is 2. The van der Waals surface area contributed by atoms with E-state index < -0.39 is 0 Å². The first-order valence-electron chi connectivity index (χ1n) is 6.29. The van der Waals surface area contributed by atoms with Gasteiger partial charge in [-0.25, -0.2) is 0 Å². The molecule has 14 heavy (non-hydrogen) atoms. The van der Waals surface area contributed by atoms with Gasteiger partial charge in [-0.3, -0.25) is 0 Å². The molecule has 3 atom stereocenters. The smallest absolute Gasteiger partial charge is 0.00179 e. The molecule has 2 N–H and O–H groups in total. The molecule has 0 aromatic carbocycles. The zero-order chi connectivity index (χ0) is 9.80. The van der Waals surface area contributed by atoms with Gasteiger partial charge in [0.15, 0.2) is 0 Å². The van der Waals surface area contributed by atoms with Gasteiger partial charge in [0.1, 0.15) is 0 Å². The number of piperidine rings is 2. The van der Waals surface area contributed by atoms with E-state index in [4.69, 9.17) is 0 Å². The Bertz CT molecular complexity index is 140. The fourth-order valence-electron chi connectivity index (χ4n) is 3.04. The van der Waals surface area contributed by atoms with Crippen LogP contribution in [0.4, 0.5) is 0 Å². The van der Waals surface area contributed by atoms with Crippen LogP contribution < -0.4 is 10.6 Å². The highest BCUT2D eigenvalue weighted by Gasteiger charge is 2.27. The second-order valence-electron chi connectivity index (χ2n) is 5.07. The van der Waals surface area contributed by atoms with Crippen molar-refractivity contribution in [3.05, 3.63) is 0 Å². The molecule has 2 unspecified atom stereocenters. The lowest BCUT2D eigenvalue weighted by Crippen LogP contribution is -2.40. The Kier molecular flexibility index (Phi) is 3.82. The van der Waals surface area contributed by atoms with Crippen LogP contribution in [0.5, 0.6) is 0 Å². The predicted molar refractivity (Wildman–Crippen MR) is 60.4 cm³/mol. The summed E-state index contributed by atoms with van der Waals surface area (Å²) >= 11 is 0. The predicted octanol–water partition coefficient (Wildman–Crippen LogP) is 1.62. The van der Waals surface area contributed by atoms with Gasteiger partial charge in [-0.05, 0) is 69.6 Å². The molecule has 2 rings (SSSR count). The molecule has 2 heterocycles. The SMILES string of the molecule is CC(C1CCCNC1)[C@@H]1CCCNC1. The van der Waals surface area contributed by atoms with E-state index >= 15 is 0 Å². The summed E-state index contributed by atoms with van der Waals surface area (Å²) in [5.74, 6) is 2.79. The van der Waals surface area contributed by atoms with E-state index in [-0.39, 0.29) is 0 Å². The highest BCUT2D eigenvalue weighted by atomic mass is 14.9. The summed E-state index contributed by atoms with van der Waals surface area (Å²) in [6.07, 6.45) is 5.67. The zero-order valence-corrected chi connectivity index (χ0v) is 9.39. The maximum Gasteiger partial charge on any atom is -0.00179 e. The summed E-state index contributed by atoms with van der Waals surface area (Å²) in [5.41, 5.74) is 0. The molecule has 0 aliphatic carbocycles. The molecule has 2 heteroatoms. The number of hydrogen-bond acceptors (Lipinski definition) is 2. The Morgan fingerprint density at radius 2 is 1.43 bits per heavy atom. The Morgan fingerprint density at radius 1 is 0.929 bits per heavy atom. The van der Waals surface area contributed by atoms with Crippen molar-refractivity contribution in [3.8, 4) is 0 Å². The number of nitrogens with one attached hydrogen (secondary N) is 2. The van der Waals surface area contributed by atoms with Crippen molar-refractivity contribution in [2.45, 2.75) is 32.6 Å². The average molecular weight is 196 g/mol. The Morgan fingerprint density at radius 3 is 1.79 bits per heavy atom. The maximum atomic E-state index is 3.53. The fraction of sp³-hybridized carbons (Fsp3) is 1.00. The molecule has 0 aromatic heterocycles. The minimum absolute atomic E-state index is 0.913. The van der Waals surface area contributed by atoms with E-state index in [2.05, 4.69) is 17.6 Å². The van der Waals surface area contributed by atoms with Crippen molar-refractivity contribution < 1.29 is 0 Å². The molecule has 0 radical (unpaired) electrons. The van der Waals surface area contributed by atoms with E-state index in [1.54, 1.807) is 0 Å². The van der Waals surface area contributed by atoms with Gasteiger partial charge >= 0.3 is 0 Å². The Balaban J connectivity index is 1.82. The van der Waals surface area contributed by atoms with Gasteiger partial charge in [0, 0.05) is 0 Å². The molecule has 2 fully saturated rings. The van der Waals surface area contributed by atoms with Crippen LogP contribution in [0, 0.1) is 17.8 Å². The zero-order valence-electron chi connectivity index (χ0n) is 9.39. The quantitative estimate of drug-likeness (QED) is 0.701. The lowest BCUT2D eigenvalue weighted by molar-refractivity contribution is 0.178. The highest BCUT2D eigenvalue weighted by Crippen LogP contribution is 2.29. The summed E-state index contributed by atoms with van der Waals surface area (Å²) in [4.78, 5) is 0. The van der Waals surface area contributed by atoms with Gasteiger partial charge in [0.25, 0.3) is 0 Å². The van der Waals surface area contributed by atoms with Gasteiger partial charge in [-0.2, -0.15) is 0 Å². The van der Waals surface area contributed by atoms with Crippen LogP contribution in [0.15, 0.2) is 0 Å². The first kappa shape index (κ1) is 10.4. The van der Waals surface area contributed by atoms with Crippen molar-refractivity contribution in [1.82, 2.24) is 10.6 Å². The van der Waals surface area contributed by atoms with Crippen LogP contribution >= 0.6 is 0 Å². The van der Waals surface area contributed by atoms with Crippen LogP contribution in [0.2, 0.25) is 0 Å². The van der Waals surface area contributed by atoms with Gasteiger partial charge in [-0.1, -0.05) is 6.92 Å². The van der Waals surface area contributed by atoms with Crippen LogP contribution in [0.3, 0.4) is 0 Å². The summed E-state index contributed by atoms with van der Waals surface area (Å²) < 4.78 is 0. The molecule has 0 spiro atoms. The molecule has 0 bridgehead atoms. The van der Waals surface area contributed by atoms with Gasteiger partial charge < -0.3 is 10.6 Å². The van der Waals surface area contributed by atoms with Gasteiger partial charge in [0.2, 0.25) is 0 Å². The van der Waals surface area contributed by atoms with Crippen LogP contribution in [-0.2, 0) is 0 Å². The molecular weight excluding hydrogens is 172 g/mol. The summed E-state index contributed by atoms with van der Waals surface area (Å²) in [5, 5.41) is 7.07. The molecule has 0 aromatic rings. The number of hydrogen-bond donors (Lipinski definition) is 2. The van der Waals surface area contributed by atoms with Crippen molar-refractivity contribution in [2.24, 2.45) is 17.8 Å². The third-order valence-corrected chi connectivity index (χ3v) is 4.16. The first-order valence-corrected chi connectivity index (χ1v) is 6.29. The highest BCUT2D eigenvalue weighted by molar-refractivity contribution is 4.81. The molecule has 0 saturated carbocycles. The molecule has 2 saturated heterocycles. The van der Waals surface area contributed by atoms with Crippen molar-refractivity contribution >= 4 is 0 Å². The summed E-state index contributed by atoms with van der Waals surface area (Å²) in [6.45, 7) is 7.48. The summed E-state index contributed by atoms with van der Waals surface area (Å²) in [7, 11) is 0. The standard InChI is InChI=1S/C12H24N2/c1-10(11-4-2-6-13-8-11)12-5-3-7-14-9-12/h10-14H,2-9H2,1H3/t10?,11-,12?/m1/s1. The van der Waals surface area contributed by atoms with E-state index in [9.17, 15) is 0 Å². The lowest BCUT2D eigenvalue weighted by atomic mass is 9.76. The topological polar surface area (TPSA) is 24.1 Å². The average Bonchev–Trinajstić information content (AvgIpc) is 2.30. The maximum absolute atomic E-state index is 3.53.